The second-order valence-electron chi connectivity index (χ2n) is 4.17. The van der Waals surface area contributed by atoms with E-state index in [9.17, 15) is 9.90 Å². The molecule has 0 aliphatic heterocycles. The van der Waals surface area contributed by atoms with Crippen LogP contribution in [0.1, 0.15) is 24.2 Å². The van der Waals surface area contributed by atoms with Crippen LogP contribution in [0.4, 0.5) is 0 Å². The molecule has 0 bridgehead atoms. The summed E-state index contributed by atoms with van der Waals surface area (Å²) < 4.78 is 5.06. The number of para-hydroxylation sites is 1. The van der Waals surface area contributed by atoms with Crippen LogP contribution in [0.15, 0.2) is 54.6 Å². The van der Waals surface area contributed by atoms with Gasteiger partial charge in [-0.1, -0.05) is 54.3 Å². The van der Waals surface area contributed by atoms with Gasteiger partial charge in [-0.25, -0.2) is 0 Å². The molecule has 100 valence electrons. The van der Waals surface area contributed by atoms with Crippen molar-refractivity contribution < 1.29 is 14.6 Å². The van der Waals surface area contributed by atoms with Crippen molar-refractivity contribution in [2.45, 2.75) is 13.0 Å². The maximum atomic E-state index is 11.0. The average Bonchev–Trinajstić information content (AvgIpc) is 2.46. The van der Waals surface area contributed by atoms with Gasteiger partial charge in [-0.2, -0.15) is 0 Å². The number of ether oxygens (including phenoxy) is 1. The van der Waals surface area contributed by atoms with Gasteiger partial charge in [0.15, 0.2) is 0 Å². The predicted molar refractivity (Wildman–Crippen MR) is 76.0 cm³/mol. The summed E-state index contributed by atoms with van der Waals surface area (Å²) in [4.78, 5) is 11.0. The van der Waals surface area contributed by atoms with Crippen LogP contribution in [0.3, 0.4) is 0 Å². The summed E-state index contributed by atoms with van der Waals surface area (Å²) in [6, 6.07) is 16.1. The van der Waals surface area contributed by atoms with Crippen LogP contribution in [-0.4, -0.2) is 11.1 Å². The second-order valence-corrected chi connectivity index (χ2v) is 4.17. The van der Waals surface area contributed by atoms with Crippen LogP contribution in [0.25, 0.3) is 0 Å². The number of aliphatic hydroxyl groups is 1. The Balaban J connectivity index is 2.23. The molecule has 0 radical (unpaired) electrons. The van der Waals surface area contributed by atoms with Gasteiger partial charge >= 0.3 is 5.97 Å². The van der Waals surface area contributed by atoms with Crippen LogP contribution < -0.4 is 4.74 Å². The van der Waals surface area contributed by atoms with Gasteiger partial charge in [0.25, 0.3) is 0 Å². The fraction of sp³-hybridized carbons (Fsp3) is 0.118. The van der Waals surface area contributed by atoms with Crippen LogP contribution >= 0.6 is 0 Å². The molecule has 2 aromatic carbocycles. The SMILES string of the molecule is CC(=O)Oc1ccccc1C#CC(O)c1ccccc1. The van der Waals surface area contributed by atoms with Gasteiger partial charge < -0.3 is 9.84 Å². The van der Waals surface area contributed by atoms with E-state index in [-0.39, 0.29) is 0 Å². The molecule has 0 aliphatic carbocycles. The summed E-state index contributed by atoms with van der Waals surface area (Å²) in [6.45, 7) is 1.34. The first kappa shape index (κ1) is 13.9. The molecule has 0 aromatic heterocycles. The number of hydrogen-bond donors (Lipinski definition) is 1. The average molecular weight is 266 g/mol. The highest BCUT2D eigenvalue weighted by atomic mass is 16.5. The topological polar surface area (TPSA) is 46.5 Å². The molecule has 3 nitrogen and oxygen atoms in total. The standard InChI is InChI=1S/C17H14O3/c1-13(18)20-17-10-6-5-9-15(17)11-12-16(19)14-7-3-2-4-8-14/h2-10,16,19H,1H3. The van der Waals surface area contributed by atoms with E-state index in [2.05, 4.69) is 11.8 Å². The molecule has 0 saturated heterocycles. The Bertz CT molecular complexity index is 651. The van der Waals surface area contributed by atoms with Crippen molar-refractivity contribution in [3.05, 3.63) is 65.7 Å². The minimum absolute atomic E-state index is 0.396. The first-order chi connectivity index (χ1) is 9.66. The maximum absolute atomic E-state index is 11.0. The number of esters is 1. The summed E-state index contributed by atoms with van der Waals surface area (Å²) in [5, 5.41) is 9.97. The third-order valence-corrected chi connectivity index (χ3v) is 2.60. The van der Waals surface area contributed by atoms with Crippen LogP contribution in [0.2, 0.25) is 0 Å². The summed E-state index contributed by atoms with van der Waals surface area (Å²) in [7, 11) is 0. The zero-order chi connectivity index (χ0) is 14.4. The maximum Gasteiger partial charge on any atom is 0.308 e. The summed E-state index contributed by atoms with van der Waals surface area (Å²) in [5.74, 6) is 5.58. The number of hydrogen-bond acceptors (Lipinski definition) is 3. The van der Waals surface area contributed by atoms with E-state index in [1.807, 2.05) is 18.2 Å². The molecular weight excluding hydrogens is 252 g/mol. The van der Waals surface area contributed by atoms with Gasteiger partial charge in [-0.15, -0.1) is 0 Å². The molecule has 20 heavy (non-hydrogen) atoms. The van der Waals surface area contributed by atoms with Gasteiger partial charge in [0, 0.05) is 6.92 Å². The van der Waals surface area contributed by atoms with Crippen molar-refractivity contribution in [1.82, 2.24) is 0 Å². The number of rotatable bonds is 2. The molecule has 1 N–H and O–H groups in total. The molecule has 1 atom stereocenters. The lowest BCUT2D eigenvalue weighted by atomic mass is 10.1. The molecule has 2 aromatic rings. The minimum Gasteiger partial charge on any atom is -0.425 e. The van der Waals surface area contributed by atoms with Crippen LogP contribution in [0, 0.1) is 11.8 Å². The molecule has 2 rings (SSSR count). The molecule has 1 unspecified atom stereocenters. The van der Waals surface area contributed by atoms with E-state index in [1.165, 1.54) is 6.92 Å². The summed E-state index contributed by atoms with van der Waals surface area (Å²) >= 11 is 0. The van der Waals surface area contributed by atoms with Crippen LogP contribution in [0.5, 0.6) is 5.75 Å². The molecule has 0 heterocycles. The Hall–Kier alpha value is -2.57. The van der Waals surface area contributed by atoms with Crippen molar-refractivity contribution in [2.75, 3.05) is 0 Å². The Morgan fingerprint density at radius 2 is 1.75 bits per heavy atom. The van der Waals surface area contributed by atoms with Crippen molar-refractivity contribution in [3.63, 3.8) is 0 Å². The van der Waals surface area contributed by atoms with Crippen molar-refractivity contribution in [3.8, 4) is 17.6 Å². The number of carbonyl (C=O) groups is 1. The number of carbonyl (C=O) groups excluding carboxylic acids is 1. The quantitative estimate of drug-likeness (QED) is 0.516. The monoisotopic (exact) mass is 266 g/mol. The normalized spacial score (nSPS) is 11.1. The molecule has 0 aliphatic rings. The molecule has 0 spiro atoms. The number of benzene rings is 2. The smallest absolute Gasteiger partial charge is 0.308 e. The van der Waals surface area contributed by atoms with Gasteiger partial charge in [0.05, 0.1) is 5.56 Å². The lowest BCUT2D eigenvalue weighted by molar-refractivity contribution is -0.131. The number of aliphatic hydroxyl groups excluding tert-OH is 1. The van der Waals surface area contributed by atoms with E-state index in [0.717, 1.165) is 5.56 Å². The zero-order valence-electron chi connectivity index (χ0n) is 11.0. The lowest BCUT2D eigenvalue weighted by Crippen LogP contribution is -2.02. The van der Waals surface area contributed by atoms with Gasteiger partial charge in [-0.3, -0.25) is 4.79 Å². The highest BCUT2D eigenvalue weighted by molar-refractivity contribution is 5.70. The lowest BCUT2D eigenvalue weighted by Gasteiger charge is -2.04. The Morgan fingerprint density at radius 3 is 2.45 bits per heavy atom. The van der Waals surface area contributed by atoms with Gasteiger partial charge in [-0.05, 0) is 17.7 Å². The molecule has 0 amide bonds. The first-order valence-corrected chi connectivity index (χ1v) is 6.19. The van der Waals surface area contributed by atoms with Gasteiger partial charge in [0.2, 0.25) is 0 Å². The highest BCUT2D eigenvalue weighted by Crippen LogP contribution is 2.18. The molecule has 0 fully saturated rings. The highest BCUT2D eigenvalue weighted by Gasteiger charge is 2.04. The third kappa shape index (κ3) is 3.71. The molecular formula is C17H14O3. The molecule has 3 heteroatoms. The van der Waals surface area contributed by atoms with Crippen molar-refractivity contribution >= 4 is 5.97 Å². The minimum atomic E-state index is -0.874. The van der Waals surface area contributed by atoms with Crippen molar-refractivity contribution in [1.29, 1.82) is 0 Å². The Kier molecular flexibility index (Phi) is 4.54. The van der Waals surface area contributed by atoms with Crippen LogP contribution in [-0.2, 0) is 4.79 Å². The Labute approximate surface area is 117 Å². The fourth-order valence-electron chi connectivity index (χ4n) is 1.68. The van der Waals surface area contributed by atoms with E-state index < -0.39 is 12.1 Å². The van der Waals surface area contributed by atoms with Crippen molar-refractivity contribution in [2.24, 2.45) is 0 Å². The summed E-state index contributed by atoms with van der Waals surface area (Å²) in [6.07, 6.45) is -0.874. The largest absolute Gasteiger partial charge is 0.425 e. The van der Waals surface area contributed by atoms with E-state index in [0.29, 0.717) is 11.3 Å². The zero-order valence-corrected chi connectivity index (χ0v) is 11.0. The molecule has 0 saturated carbocycles. The third-order valence-electron chi connectivity index (χ3n) is 2.60. The Morgan fingerprint density at radius 1 is 1.10 bits per heavy atom. The van der Waals surface area contributed by atoms with E-state index >= 15 is 0 Å². The second kappa shape index (κ2) is 6.55. The first-order valence-electron chi connectivity index (χ1n) is 6.19. The van der Waals surface area contributed by atoms with E-state index in [1.54, 1.807) is 36.4 Å². The fourth-order valence-corrected chi connectivity index (χ4v) is 1.68. The summed E-state index contributed by atoms with van der Waals surface area (Å²) in [5.41, 5.74) is 1.29. The van der Waals surface area contributed by atoms with Gasteiger partial charge in [0.1, 0.15) is 11.9 Å². The predicted octanol–water partition coefficient (Wildman–Crippen LogP) is 2.70. The van der Waals surface area contributed by atoms with E-state index in [4.69, 9.17) is 4.74 Å².